The summed E-state index contributed by atoms with van der Waals surface area (Å²) in [4.78, 5) is 25.9. The number of hydrogen-bond acceptors (Lipinski definition) is 5. The predicted octanol–water partition coefficient (Wildman–Crippen LogP) is 1.54. The Morgan fingerprint density at radius 2 is 2.21 bits per heavy atom. The van der Waals surface area contributed by atoms with Crippen molar-refractivity contribution in [2.45, 2.75) is 6.54 Å². The molecule has 0 spiro atoms. The number of anilines is 1. The van der Waals surface area contributed by atoms with Crippen LogP contribution >= 0.6 is 15.9 Å². The molecule has 0 aromatic carbocycles. The Bertz CT molecular complexity index is 681. The van der Waals surface area contributed by atoms with E-state index in [4.69, 9.17) is 5.73 Å². The number of halogens is 1. The molecule has 0 aliphatic carbocycles. The molecule has 0 radical (unpaired) electrons. The number of rotatable bonds is 3. The second-order valence-electron chi connectivity index (χ2n) is 3.83. The van der Waals surface area contributed by atoms with Gasteiger partial charge in [-0.05, 0) is 27.6 Å². The van der Waals surface area contributed by atoms with Crippen molar-refractivity contribution >= 4 is 27.4 Å². The lowest BCUT2D eigenvalue weighted by Crippen LogP contribution is -2.22. The molecule has 0 saturated heterocycles. The third-order valence-electron chi connectivity index (χ3n) is 2.43. The number of aromatic nitrogens is 2. The molecule has 2 aromatic heterocycles. The first-order chi connectivity index (χ1) is 8.97. The smallest absolute Gasteiger partial charge is 0.335 e. The van der Waals surface area contributed by atoms with Gasteiger partial charge in [0.1, 0.15) is 5.82 Å². The molecule has 0 bridgehead atoms. The van der Waals surface area contributed by atoms with Crippen LogP contribution in [0.2, 0.25) is 0 Å². The van der Waals surface area contributed by atoms with E-state index in [0.717, 1.165) is 5.56 Å². The lowest BCUT2D eigenvalue weighted by Gasteiger charge is -2.06. The van der Waals surface area contributed by atoms with Crippen LogP contribution in [-0.4, -0.2) is 14.5 Å². The summed E-state index contributed by atoms with van der Waals surface area (Å²) >= 11 is 3.14. The standard InChI is InChI=1S/C11H9BrN4O3/c12-8-3-9(16(18)19)11(17)15(6-8)5-7-1-2-10(13)14-4-7/h1-4,6H,5H2,(H2,13,14). The molecule has 98 valence electrons. The Balaban J connectivity index is 2.43. The van der Waals surface area contributed by atoms with Crippen molar-refractivity contribution in [2.75, 3.05) is 5.73 Å². The first kappa shape index (κ1) is 13.2. The highest BCUT2D eigenvalue weighted by Gasteiger charge is 2.15. The molecular weight excluding hydrogens is 316 g/mol. The van der Waals surface area contributed by atoms with Gasteiger partial charge in [0.25, 0.3) is 0 Å². The summed E-state index contributed by atoms with van der Waals surface area (Å²) in [6.07, 6.45) is 3.01. The molecule has 2 heterocycles. The van der Waals surface area contributed by atoms with Gasteiger partial charge in [-0.25, -0.2) is 4.98 Å². The topological polar surface area (TPSA) is 104 Å². The summed E-state index contributed by atoms with van der Waals surface area (Å²) < 4.78 is 1.71. The summed E-state index contributed by atoms with van der Waals surface area (Å²) in [5, 5.41) is 10.8. The highest BCUT2D eigenvalue weighted by atomic mass is 79.9. The monoisotopic (exact) mass is 324 g/mol. The number of pyridine rings is 2. The fraction of sp³-hybridized carbons (Fsp3) is 0.0909. The van der Waals surface area contributed by atoms with Crippen molar-refractivity contribution in [3.05, 3.63) is 61.1 Å². The molecule has 2 aromatic rings. The van der Waals surface area contributed by atoms with Crippen molar-refractivity contribution < 1.29 is 4.92 Å². The molecule has 0 unspecified atom stereocenters. The Morgan fingerprint density at radius 1 is 1.47 bits per heavy atom. The maximum absolute atomic E-state index is 11.9. The highest BCUT2D eigenvalue weighted by Crippen LogP contribution is 2.14. The van der Waals surface area contributed by atoms with E-state index in [1.54, 1.807) is 12.1 Å². The molecular formula is C11H9BrN4O3. The largest absolute Gasteiger partial charge is 0.384 e. The summed E-state index contributed by atoms with van der Waals surface area (Å²) in [7, 11) is 0. The Morgan fingerprint density at radius 3 is 2.79 bits per heavy atom. The van der Waals surface area contributed by atoms with Crippen LogP contribution in [-0.2, 0) is 6.54 Å². The van der Waals surface area contributed by atoms with Crippen LogP contribution in [0, 0.1) is 10.1 Å². The number of hydrogen-bond donors (Lipinski definition) is 1. The SMILES string of the molecule is Nc1ccc(Cn2cc(Br)cc([N+](=O)[O-])c2=O)cn1. The zero-order valence-electron chi connectivity index (χ0n) is 9.62. The van der Waals surface area contributed by atoms with E-state index < -0.39 is 16.2 Å². The van der Waals surface area contributed by atoms with Gasteiger partial charge in [0, 0.05) is 22.9 Å². The quantitative estimate of drug-likeness (QED) is 0.681. The van der Waals surface area contributed by atoms with Gasteiger partial charge in [-0.3, -0.25) is 14.9 Å². The fourth-order valence-corrected chi connectivity index (χ4v) is 2.02. The molecule has 0 aliphatic rings. The van der Waals surface area contributed by atoms with Gasteiger partial charge in [-0.2, -0.15) is 0 Å². The predicted molar refractivity (Wildman–Crippen MR) is 72.8 cm³/mol. The van der Waals surface area contributed by atoms with Gasteiger partial charge in [0.15, 0.2) is 0 Å². The summed E-state index contributed by atoms with van der Waals surface area (Å²) in [6, 6.07) is 4.49. The van der Waals surface area contributed by atoms with Crippen LogP contribution < -0.4 is 11.3 Å². The Kier molecular flexibility index (Phi) is 3.61. The lowest BCUT2D eigenvalue weighted by molar-refractivity contribution is -0.386. The maximum Gasteiger partial charge on any atom is 0.335 e. The van der Waals surface area contributed by atoms with E-state index in [0.29, 0.717) is 10.3 Å². The van der Waals surface area contributed by atoms with Crippen LogP contribution in [0.5, 0.6) is 0 Å². The van der Waals surface area contributed by atoms with E-state index in [1.165, 1.54) is 23.0 Å². The molecule has 0 fully saturated rings. The van der Waals surface area contributed by atoms with Crippen molar-refractivity contribution in [1.82, 2.24) is 9.55 Å². The van der Waals surface area contributed by atoms with E-state index in [1.807, 2.05) is 0 Å². The van der Waals surface area contributed by atoms with Gasteiger partial charge < -0.3 is 10.3 Å². The van der Waals surface area contributed by atoms with Crippen LogP contribution in [0.4, 0.5) is 11.5 Å². The van der Waals surface area contributed by atoms with Gasteiger partial charge >= 0.3 is 11.2 Å². The Hall–Kier alpha value is -2.22. The van der Waals surface area contributed by atoms with Gasteiger partial charge in [-0.1, -0.05) is 6.07 Å². The first-order valence-corrected chi connectivity index (χ1v) is 6.01. The molecule has 2 N–H and O–H groups in total. The fourth-order valence-electron chi connectivity index (χ4n) is 1.56. The van der Waals surface area contributed by atoms with Crippen molar-refractivity contribution in [2.24, 2.45) is 0 Å². The molecule has 8 heteroatoms. The van der Waals surface area contributed by atoms with Crippen LogP contribution in [0.15, 0.2) is 39.9 Å². The van der Waals surface area contributed by atoms with Gasteiger partial charge in [0.05, 0.1) is 11.5 Å². The number of nitro groups is 1. The second kappa shape index (κ2) is 5.19. The Labute approximate surface area is 116 Å². The van der Waals surface area contributed by atoms with Crippen LogP contribution in [0.3, 0.4) is 0 Å². The number of nitrogens with zero attached hydrogens (tertiary/aromatic N) is 3. The third kappa shape index (κ3) is 2.97. The minimum atomic E-state index is -0.704. The summed E-state index contributed by atoms with van der Waals surface area (Å²) in [6.45, 7) is 0.187. The lowest BCUT2D eigenvalue weighted by atomic mass is 10.2. The normalized spacial score (nSPS) is 10.4. The summed E-state index contributed by atoms with van der Waals surface area (Å²) in [5.41, 5.74) is 5.05. The zero-order chi connectivity index (χ0) is 14.0. The number of nitrogen functional groups attached to an aromatic ring is 1. The molecule has 7 nitrogen and oxygen atoms in total. The number of nitrogens with two attached hydrogens (primary N) is 1. The van der Waals surface area contributed by atoms with Gasteiger partial charge in [0.2, 0.25) is 0 Å². The first-order valence-electron chi connectivity index (χ1n) is 5.22. The van der Waals surface area contributed by atoms with Crippen molar-refractivity contribution in [3.63, 3.8) is 0 Å². The maximum atomic E-state index is 11.9. The minimum absolute atomic E-state index is 0.187. The van der Waals surface area contributed by atoms with Crippen molar-refractivity contribution in [3.8, 4) is 0 Å². The average Bonchev–Trinajstić information content (AvgIpc) is 2.35. The summed E-state index contributed by atoms with van der Waals surface area (Å²) in [5.74, 6) is 0.372. The molecule has 0 aliphatic heterocycles. The molecule has 0 amide bonds. The highest BCUT2D eigenvalue weighted by molar-refractivity contribution is 9.10. The second-order valence-corrected chi connectivity index (χ2v) is 4.74. The molecule has 0 atom stereocenters. The van der Waals surface area contributed by atoms with Crippen LogP contribution in [0.25, 0.3) is 0 Å². The van der Waals surface area contributed by atoms with Crippen LogP contribution in [0.1, 0.15) is 5.56 Å². The molecule has 0 saturated carbocycles. The van der Waals surface area contributed by atoms with E-state index in [-0.39, 0.29) is 6.54 Å². The molecule has 19 heavy (non-hydrogen) atoms. The van der Waals surface area contributed by atoms with E-state index >= 15 is 0 Å². The third-order valence-corrected chi connectivity index (χ3v) is 2.86. The zero-order valence-corrected chi connectivity index (χ0v) is 11.2. The van der Waals surface area contributed by atoms with Gasteiger partial charge in [-0.15, -0.1) is 0 Å². The average molecular weight is 325 g/mol. The van der Waals surface area contributed by atoms with E-state index in [9.17, 15) is 14.9 Å². The van der Waals surface area contributed by atoms with E-state index in [2.05, 4.69) is 20.9 Å². The van der Waals surface area contributed by atoms with Crippen molar-refractivity contribution in [1.29, 1.82) is 0 Å². The minimum Gasteiger partial charge on any atom is -0.384 e. The molecule has 2 rings (SSSR count).